The number of aryl methyl sites for hydroxylation is 2. The molecule has 0 atom stereocenters. The summed E-state index contributed by atoms with van der Waals surface area (Å²) in [7, 11) is -3.58. The van der Waals surface area contributed by atoms with Crippen molar-refractivity contribution in [3.63, 3.8) is 0 Å². The molecule has 0 saturated carbocycles. The first-order valence-corrected chi connectivity index (χ1v) is 10.3. The average Bonchev–Trinajstić information content (AvgIpc) is 2.53. The molecule has 0 bridgehead atoms. The number of para-hydroxylation sites is 1. The third-order valence-electron chi connectivity index (χ3n) is 3.87. The second-order valence-corrected chi connectivity index (χ2v) is 8.99. The van der Waals surface area contributed by atoms with E-state index in [1.807, 2.05) is 44.9 Å². The monoisotopic (exact) mass is 392 g/mol. The molecule has 0 aliphatic carbocycles. The van der Waals surface area contributed by atoms with Gasteiger partial charge in [-0.05, 0) is 53.6 Å². The highest BCUT2D eigenvalue weighted by atomic mass is 32.2. The highest BCUT2D eigenvalue weighted by Gasteiger charge is 2.17. The molecule has 148 valence electrons. The van der Waals surface area contributed by atoms with Gasteiger partial charge in [0.1, 0.15) is 24.9 Å². The van der Waals surface area contributed by atoms with Crippen molar-refractivity contribution in [2.45, 2.75) is 46.6 Å². The molecule has 2 rings (SSSR count). The zero-order chi connectivity index (χ0) is 20.8. The molecule has 0 amide bonds. The van der Waals surface area contributed by atoms with Crippen LogP contribution in [0.15, 0.2) is 36.4 Å². The molecule has 0 spiro atoms. The molecule has 27 heavy (non-hydrogen) atoms. The van der Waals surface area contributed by atoms with Gasteiger partial charge in [0, 0.05) is 0 Å². The molecule has 0 radical (unpaired) electrons. The molecule has 2 aromatic rings. The molecule has 0 aromatic heterocycles. The number of hydrogen-bond donors (Lipinski definition) is 0. The Bertz CT molecular complexity index is 860. The molecule has 0 N–H and O–H groups in total. The lowest BCUT2D eigenvalue weighted by Crippen LogP contribution is -2.13. The van der Waals surface area contributed by atoms with E-state index in [1.54, 1.807) is 12.1 Å². The molecule has 0 saturated heterocycles. The fourth-order valence-corrected chi connectivity index (χ4v) is 3.03. The smallest absolute Gasteiger partial charge is 0.306 e. The van der Waals surface area contributed by atoms with Crippen LogP contribution in [-0.2, 0) is 26.9 Å². The van der Waals surface area contributed by atoms with Gasteiger partial charge in [0.15, 0.2) is 0 Å². The minimum Gasteiger partial charge on any atom is -0.488 e. The van der Waals surface area contributed by atoms with E-state index in [2.05, 4.69) is 20.8 Å². The van der Waals surface area contributed by atoms with Crippen molar-refractivity contribution in [2.24, 2.45) is 0 Å². The Morgan fingerprint density at radius 1 is 1.00 bits per heavy atom. The van der Waals surface area contributed by atoms with E-state index in [-0.39, 0.29) is 5.41 Å². The Morgan fingerprint density at radius 2 is 1.56 bits per heavy atom. The summed E-state index contributed by atoms with van der Waals surface area (Å²) in [5, 5.41) is 0. The topological polar surface area (TPSA) is 69.7 Å². The number of benzene rings is 2. The number of rotatable bonds is 5. The Labute approximate surface area is 162 Å². The second kappa shape index (κ2) is 9.04. The molecule has 6 heteroatoms. The maximum atomic E-state index is 11.5. The highest BCUT2D eigenvalue weighted by Crippen LogP contribution is 2.30. The lowest BCUT2D eigenvalue weighted by molar-refractivity contribution is -0.0980. The maximum absolute atomic E-state index is 11.5. The van der Waals surface area contributed by atoms with Gasteiger partial charge < -0.3 is 13.7 Å². The van der Waals surface area contributed by atoms with Crippen molar-refractivity contribution in [1.82, 2.24) is 0 Å². The van der Waals surface area contributed by atoms with Crippen molar-refractivity contribution in [3.8, 4) is 11.5 Å². The van der Waals surface area contributed by atoms with Gasteiger partial charge >= 0.3 is 10.1 Å². The minimum absolute atomic E-state index is 0.135. The molecular formula is C21H28O5S. The summed E-state index contributed by atoms with van der Waals surface area (Å²) in [5.41, 5.74) is 3.87. The number of ether oxygens (including phenoxy) is 1. The lowest BCUT2D eigenvalue weighted by atomic mass is 9.86. The quantitative estimate of drug-likeness (QED) is 0.708. The molecule has 0 heterocycles. The van der Waals surface area contributed by atoms with Gasteiger partial charge in [-0.15, -0.1) is 0 Å². The first-order valence-electron chi connectivity index (χ1n) is 8.47. The van der Waals surface area contributed by atoms with E-state index >= 15 is 0 Å². The van der Waals surface area contributed by atoms with Crippen LogP contribution in [0.25, 0.3) is 0 Å². The van der Waals surface area contributed by atoms with Crippen LogP contribution >= 0.6 is 0 Å². The molecule has 0 fully saturated rings. The summed E-state index contributed by atoms with van der Waals surface area (Å²) < 4.78 is 34.1. The fourth-order valence-electron chi connectivity index (χ4n) is 2.58. The molecule has 0 aliphatic rings. The van der Waals surface area contributed by atoms with E-state index < -0.39 is 10.1 Å². The SMILES string of the molecule is C=O.Cc1cccc(C)c1OCc1cc(OS(C)(=O)=O)cc(C(C)(C)C)c1. The first-order chi connectivity index (χ1) is 12.5. The predicted molar refractivity (Wildman–Crippen MR) is 108 cm³/mol. The van der Waals surface area contributed by atoms with Crippen LogP contribution in [0.5, 0.6) is 11.5 Å². The van der Waals surface area contributed by atoms with Crippen LogP contribution in [0.4, 0.5) is 0 Å². The van der Waals surface area contributed by atoms with E-state index in [0.717, 1.165) is 34.3 Å². The number of hydrogen-bond acceptors (Lipinski definition) is 5. The Kier molecular flexibility index (Phi) is 7.60. The lowest BCUT2D eigenvalue weighted by Gasteiger charge is -2.21. The standard InChI is InChI=1S/C20H26O4S.CH2O/c1-14-8-7-9-15(2)19(14)23-13-16-10-17(20(3,4)5)12-18(11-16)24-25(6,21)22;1-2/h7-12H,13H2,1-6H3;1H2. The number of carbonyl (C=O) groups excluding carboxylic acids is 1. The van der Waals surface area contributed by atoms with E-state index in [1.165, 1.54) is 0 Å². The van der Waals surface area contributed by atoms with Crippen LogP contribution in [0.3, 0.4) is 0 Å². The van der Waals surface area contributed by atoms with Gasteiger partial charge in [0.2, 0.25) is 0 Å². The summed E-state index contributed by atoms with van der Waals surface area (Å²) in [6.45, 7) is 12.6. The average molecular weight is 393 g/mol. The number of carbonyl (C=O) groups is 1. The van der Waals surface area contributed by atoms with Crippen molar-refractivity contribution in [2.75, 3.05) is 6.26 Å². The van der Waals surface area contributed by atoms with Gasteiger partial charge in [0.05, 0.1) is 6.26 Å². The van der Waals surface area contributed by atoms with Gasteiger partial charge in [-0.3, -0.25) is 0 Å². The molecular weight excluding hydrogens is 364 g/mol. The Morgan fingerprint density at radius 3 is 2.04 bits per heavy atom. The Balaban J connectivity index is 0.00000176. The Hall–Kier alpha value is -2.34. The summed E-state index contributed by atoms with van der Waals surface area (Å²) in [6.07, 6.45) is 1.05. The van der Waals surface area contributed by atoms with Crippen LogP contribution < -0.4 is 8.92 Å². The largest absolute Gasteiger partial charge is 0.488 e. The summed E-state index contributed by atoms with van der Waals surface area (Å²) >= 11 is 0. The summed E-state index contributed by atoms with van der Waals surface area (Å²) in [5.74, 6) is 1.17. The van der Waals surface area contributed by atoms with E-state index in [4.69, 9.17) is 13.7 Å². The van der Waals surface area contributed by atoms with Crippen LogP contribution in [0, 0.1) is 13.8 Å². The van der Waals surface area contributed by atoms with Gasteiger partial charge in [0.25, 0.3) is 0 Å². The third kappa shape index (κ3) is 7.06. The second-order valence-electron chi connectivity index (χ2n) is 7.41. The van der Waals surface area contributed by atoms with Crippen molar-refractivity contribution < 1.29 is 22.1 Å². The van der Waals surface area contributed by atoms with E-state index in [0.29, 0.717) is 12.4 Å². The van der Waals surface area contributed by atoms with Crippen molar-refractivity contribution in [3.05, 3.63) is 58.7 Å². The molecule has 0 aliphatic heterocycles. The third-order valence-corrected chi connectivity index (χ3v) is 4.37. The van der Waals surface area contributed by atoms with Crippen molar-refractivity contribution >= 4 is 16.9 Å². The van der Waals surface area contributed by atoms with E-state index in [9.17, 15) is 8.42 Å². The van der Waals surface area contributed by atoms with Crippen LogP contribution in [-0.4, -0.2) is 21.5 Å². The molecule has 2 aromatic carbocycles. The van der Waals surface area contributed by atoms with Crippen molar-refractivity contribution in [1.29, 1.82) is 0 Å². The summed E-state index contributed by atoms with van der Waals surface area (Å²) in [6, 6.07) is 11.5. The van der Waals surface area contributed by atoms with Gasteiger partial charge in [-0.2, -0.15) is 8.42 Å². The van der Waals surface area contributed by atoms with Gasteiger partial charge in [-0.25, -0.2) is 0 Å². The highest BCUT2D eigenvalue weighted by molar-refractivity contribution is 7.86. The normalized spacial score (nSPS) is 11.3. The summed E-state index contributed by atoms with van der Waals surface area (Å²) in [4.78, 5) is 8.00. The molecule has 0 unspecified atom stereocenters. The minimum atomic E-state index is -3.58. The predicted octanol–water partition coefficient (Wildman–Crippen LogP) is 4.33. The molecule has 5 nitrogen and oxygen atoms in total. The van der Waals surface area contributed by atoms with Crippen LogP contribution in [0.2, 0.25) is 0 Å². The first kappa shape index (κ1) is 22.7. The zero-order valence-corrected chi connectivity index (χ0v) is 17.6. The van der Waals surface area contributed by atoms with Crippen LogP contribution in [0.1, 0.15) is 43.0 Å². The fraction of sp³-hybridized carbons (Fsp3) is 0.381. The maximum Gasteiger partial charge on any atom is 0.306 e. The van der Waals surface area contributed by atoms with Gasteiger partial charge in [-0.1, -0.05) is 45.0 Å². The zero-order valence-electron chi connectivity index (χ0n) is 16.8.